The standard InChI is InChI=1S/C27H35N5O4/c1-4-5-22(33)31-12-9-16(10-13-31)19-8-11-29-27-24(26(28)34)25(30-32(19)27)18-14-20(35-2)23(17-6-7-17)21(15-18)36-3/h4-5,14-17,19,29H,6-13H2,1-3H3,(H2,28,34)/b5-4+/i2D3,4D,5D. The summed E-state index contributed by atoms with van der Waals surface area (Å²) in [5.41, 5.74) is 7.55. The Morgan fingerprint density at radius 2 is 1.92 bits per heavy atom. The number of allylic oxidation sites excluding steroid dienone is 1. The molecule has 2 amide bonds. The highest BCUT2D eigenvalue weighted by Crippen LogP contribution is 2.50. The van der Waals surface area contributed by atoms with Crippen molar-refractivity contribution in [1.29, 1.82) is 0 Å². The first-order valence-electron chi connectivity index (χ1n) is 14.9. The van der Waals surface area contributed by atoms with Crippen LogP contribution >= 0.6 is 0 Å². The Labute approximate surface area is 218 Å². The molecule has 1 aliphatic carbocycles. The van der Waals surface area contributed by atoms with Gasteiger partial charge in [0.05, 0.1) is 27.0 Å². The number of aromatic nitrogens is 2. The zero-order chi connectivity index (χ0) is 29.6. The second-order valence-corrected chi connectivity index (χ2v) is 9.64. The number of piperidine rings is 1. The zero-order valence-electron chi connectivity index (χ0n) is 25.6. The van der Waals surface area contributed by atoms with Gasteiger partial charge in [-0.1, -0.05) is 6.05 Å². The van der Waals surface area contributed by atoms with Crippen LogP contribution in [0.15, 0.2) is 24.2 Å². The maximum atomic E-state index is 12.8. The van der Waals surface area contributed by atoms with E-state index in [9.17, 15) is 9.59 Å². The Balaban J connectivity index is 1.50. The van der Waals surface area contributed by atoms with Crippen LogP contribution in [0.1, 0.15) is 73.8 Å². The molecule has 0 radical (unpaired) electrons. The molecule has 1 atom stereocenters. The van der Waals surface area contributed by atoms with Gasteiger partial charge in [0, 0.05) is 30.8 Å². The fourth-order valence-electron chi connectivity index (χ4n) is 5.61. The second-order valence-electron chi connectivity index (χ2n) is 9.64. The Bertz CT molecular complexity index is 1390. The number of rotatable bonds is 7. The van der Waals surface area contributed by atoms with Gasteiger partial charge in [-0.2, -0.15) is 5.10 Å². The van der Waals surface area contributed by atoms with Crippen LogP contribution < -0.4 is 20.5 Å². The van der Waals surface area contributed by atoms with E-state index in [1.807, 2.05) is 0 Å². The number of hydrogen-bond acceptors (Lipinski definition) is 6. The van der Waals surface area contributed by atoms with Crippen molar-refractivity contribution in [2.24, 2.45) is 11.7 Å². The lowest BCUT2D eigenvalue weighted by Gasteiger charge is -2.38. The highest BCUT2D eigenvalue weighted by molar-refractivity contribution is 6.04. The number of nitrogens with two attached hydrogens (primary N) is 1. The molecule has 1 aromatic carbocycles. The topological polar surface area (TPSA) is 112 Å². The van der Waals surface area contributed by atoms with E-state index in [0.29, 0.717) is 60.9 Å². The molecule has 1 saturated carbocycles. The first-order valence-corrected chi connectivity index (χ1v) is 12.4. The lowest BCUT2D eigenvalue weighted by Crippen LogP contribution is -2.41. The molecule has 9 nitrogen and oxygen atoms in total. The molecule has 3 aliphatic rings. The predicted molar refractivity (Wildman–Crippen MR) is 138 cm³/mol. The summed E-state index contributed by atoms with van der Waals surface area (Å²) >= 11 is 0. The maximum absolute atomic E-state index is 12.8. The summed E-state index contributed by atoms with van der Waals surface area (Å²) in [5, 5.41) is 8.14. The number of ether oxygens (including phenoxy) is 2. The van der Waals surface area contributed by atoms with E-state index in [4.69, 9.17) is 27.2 Å². The molecule has 1 aromatic heterocycles. The Hall–Kier alpha value is -3.49. The number of anilines is 1. The van der Waals surface area contributed by atoms with Crippen molar-refractivity contribution in [1.82, 2.24) is 14.7 Å². The van der Waals surface area contributed by atoms with Crippen molar-refractivity contribution in [3.8, 4) is 22.8 Å². The van der Waals surface area contributed by atoms with Crippen LogP contribution in [0, 0.1) is 5.92 Å². The number of hydrogen-bond donors (Lipinski definition) is 2. The van der Waals surface area contributed by atoms with Gasteiger partial charge in [0.1, 0.15) is 28.6 Å². The minimum absolute atomic E-state index is 0.0580. The van der Waals surface area contributed by atoms with Crippen LogP contribution in [-0.4, -0.2) is 60.3 Å². The second kappa shape index (κ2) is 9.87. The predicted octanol–water partition coefficient (Wildman–Crippen LogP) is 3.72. The number of nitrogens with zero attached hydrogens (tertiary/aromatic N) is 3. The maximum Gasteiger partial charge on any atom is 0.254 e. The number of likely N-dealkylation sites (tertiary alicyclic amines) is 1. The zero-order valence-corrected chi connectivity index (χ0v) is 20.6. The van der Waals surface area contributed by atoms with Gasteiger partial charge in [-0.15, -0.1) is 0 Å². The van der Waals surface area contributed by atoms with Gasteiger partial charge in [0.15, 0.2) is 0 Å². The summed E-state index contributed by atoms with van der Waals surface area (Å²) in [6, 6.07) is 2.94. The molecule has 36 heavy (non-hydrogen) atoms. The third-order valence-corrected chi connectivity index (χ3v) is 7.50. The minimum Gasteiger partial charge on any atom is -0.496 e. The first-order chi connectivity index (χ1) is 19.4. The van der Waals surface area contributed by atoms with E-state index in [2.05, 4.69) is 5.32 Å². The number of fused-ring (bicyclic) bond motifs is 1. The van der Waals surface area contributed by atoms with Crippen molar-refractivity contribution in [3.05, 3.63) is 35.4 Å². The SMILES string of the molecule is [2H]/C(C)=C(/[2H])C(=O)N1CCC(C2CCNc3c(C(N)=O)c(-c4cc(OC)c(C5CC5)c(OC([2H])([2H])[2H])c4)nn32)CC1. The minimum atomic E-state index is -2.67. The van der Waals surface area contributed by atoms with Crippen LogP contribution in [0.4, 0.5) is 5.82 Å². The van der Waals surface area contributed by atoms with Crippen molar-refractivity contribution in [2.45, 2.75) is 51.0 Å². The van der Waals surface area contributed by atoms with Crippen LogP contribution in [0.5, 0.6) is 11.5 Å². The molecule has 0 spiro atoms. The molecule has 1 unspecified atom stereocenters. The van der Waals surface area contributed by atoms with Gasteiger partial charge >= 0.3 is 0 Å². The average Bonchev–Trinajstić information content (AvgIpc) is 3.68. The van der Waals surface area contributed by atoms with Gasteiger partial charge in [-0.3, -0.25) is 9.59 Å². The van der Waals surface area contributed by atoms with Crippen LogP contribution in [0.2, 0.25) is 0 Å². The highest BCUT2D eigenvalue weighted by atomic mass is 16.5. The number of primary amides is 1. The molecule has 192 valence electrons. The van der Waals surface area contributed by atoms with E-state index in [1.54, 1.807) is 21.7 Å². The molecule has 3 heterocycles. The summed E-state index contributed by atoms with van der Waals surface area (Å²) in [7, 11) is -1.16. The van der Waals surface area contributed by atoms with Gasteiger partial charge < -0.3 is 25.4 Å². The summed E-state index contributed by atoms with van der Waals surface area (Å²) in [5.74, 6) is 0.347. The Morgan fingerprint density at radius 3 is 2.53 bits per heavy atom. The molecule has 0 bridgehead atoms. The van der Waals surface area contributed by atoms with Gasteiger partial charge in [-0.25, -0.2) is 4.68 Å². The summed E-state index contributed by atoms with van der Waals surface area (Å²) in [6.07, 6.45) is 3.91. The number of methoxy groups -OCH3 is 2. The molecule has 2 fully saturated rings. The van der Waals surface area contributed by atoms with Crippen molar-refractivity contribution in [3.63, 3.8) is 0 Å². The fraction of sp³-hybridized carbons (Fsp3) is 0.519. The molecule has 2 aromatic rings. The van der Waals surface area contributed by atoms with Gasteiger partial charge in [0.2, 0.25) is 5.91 Å². The van der Waals surface area contributed by atoms with Gasteiger partial charge in [0.25, 0.3) is 5.91 Å². The van der Waals surface area contributed by atoms with Crippen LogP contribution in [0.3, 0.4) is 0 Å². The lowest BCUT2D eigenvalue weighted by atomic mass is 9.87. The summed E-state index contributed by atoms with van der Waals surface area (Å²) in [6.45, 7) is 2.96. The normalized spacial score (nSPS) is 23.1. The third-order valence-electron chi connectivity index (χ3n) is 7.50. The largest absolute Gasteiger partial charge is 0.496 e. The summed E-state index contributed by atoms with van der Waals surface area (Å²) < 4.78 is 51.4. The van der Waals surface area contributed by atoms with E-state index in [-0.39, 0.29) is 41.3 Å². The van der Waals surface area contributed by atoms with Crippen molar-refractivity contribution in [2.75, 3.05) is 39.1 Å². The van der Waals surface area contributed by atoms with E-state index < -0.39 is 18.9 Å². The van der Waals surface area contributed by atoms with Crippen molar-refractivity contribution < 1.29 is 25.9 Å². The monoisotopic (exact) mass is 498 g/mol. The van der Waals surface area contributed by atoms with E-state index in [1.165, 1.54) is 14.0 Å². The van der Waals surface area contributed by atoms with Crippen LogP contribution in [0.25, 0.3) is 11.3 Å². The van der Waals surface area contributed by atoms with E-state index in [0.717, 1.165) is 19.3 Å². The van der Waals surface area contributed by atoms with E-state index >= 15 is 0 Å². The lowest BCUT2D eigenvalue weighted by molar-refractivity contribution is -0.127. The molecule has 3 N–H and O–H groups in total. The number of benzene rings is 1. The average molecular weight is 499 g/mol. The quantitative estimate of drug-likeness (QED) is 0.563. The first kappa shape index (κ1) is 18.7. The highest BCUT2D eigenvalue weighted by Gasteiger charge is 2.37. The number of amides is 2. The number of carbonyl (C=O) groups is 2. The molecule has 5 rings (SSSR count). The Morgan fingerprint density at radius 1 is 1.19 bits per heavy atom. The molecule has 2 aliphatic heterocycles. The van der Waals surface area contributed by atoms with Crippen molar-refractivity contribution >= 4 is 17.6 Å². The van der Waals surface area contributed by atoms with Gasteiger partial charge in [-0.05, 0) is 69.0 Å². The van der Waals surface area contributed by atoms with Crippen LogP contribution in [-0.2, 0) is 4.79 Å². The summed E-state index contributed by atoms with van der Waals surface area (Å²) in [4.78, 5) is 27.0. The third kappa shape index (κ3) is 4.31. The molecule has 1 saturated heterocycles. The number of carbonyl (C=O) groups excluding carboxylic acids is 2. The Kier molecular flexibility index (Phi) is 5.14. The smallest absolute Gasteiger partial charge is 0.254 e. The molecular weight excluding hydrogens is 458 g/mol. The molecular formula is C27H35N5O4. The number of nitrogens with one attached hydrogen (secondary N) is 1. The molecule has 9 heteroatoms. The fourth-order valence-corrected chi connectivity index (χ4v) is 5.61.